The van der Waals surface area contributed by atoms with E-state index >= 15 is 0 Å². The van der Waals surface area contributed by atoms with E-state index in [1.54, 1.807) is 0 Å². The van der Waals surface area contributed by atoms with E-state index in [1.807, 2.05) is 0 Å². The molecule has 1 saturated carbocycles. The van der Waals surface area contributed by atoms with E-state index in [-0.39, 0.29) is 0 Å². The monoisotopic (exact) mass is 217 g/mol. The van der Waals surface area contributed by atoms with Crippen molar-refractivity contribution in [2.45, 2.75) is 57.9 Å². The lowest BCUT2D eigenvalue weighted by atomic mass is 9.96. The first-order valence-corrected chi connectivity index (χ1v) is 6.68. The van der Waals surface area contributed by atoms with Crippen LogP contribution in [0.15, 0.2) is 24.3 Å². The second-order valence-electron chi connectivity index (χ2n) is 5.06. The van der Waals surface area contributed by atoms with Crippen molar-refractivity contribution in [2.75, 3.05) is 5.32 Å². The molecule has 0 aromatic heterocycles. The van der Waals surface area contributed by atoms with Crippen LogP contribution in [0.1, 0.15) is 50.5 Å². The first kappa shape index (κ1) is 11.5. The highest BCUT2D eigenvalue weighted by molar-refractivity contribution is 5.46. The molecule has 88 valence electrons. The number of aryl methyl sites for hydroxylation is 1. The van der Waals surface area contributed by atoms with Crippen LogP contribution in [0, 0.1) is 6.92 Å². The number of rotatable bonds is 2. The quantitative estimate of drug-likeness (QED) is 0.768. The van der Waals surface area contributed by atoms with Crippen LogP contribution in [0.4, 0.5) is 5.69 Å². The predicted molar refractivity (Wildman–Crippen MR) is 70.9 cm³/mol. The van der Waals surface area contributed by atoms with E-state index in [0.717, 1.165) is 0 Å². The van der Waals surface area contributed by atoms with Gasteiger partial charge in [0.15, 0.2) is 0 Å². The van der Waals surface area contributed by atoms with Gasteiger partial charge in [0.2, 0.25) is 0 Å². The molecule has 0 bridgehead atoms. The Morgan fingerprint density at radius 1 is 1.00 bits per heavy atom. The molecule has 0 atom stereocenters. The standard InChI is InChI=1S/C15H23N/c1-13-8-7-11-15(12-13)16-14-9-5-3-2-4-6-10-14/h7-8,11-12,14,16H,2-6,9-10H2,1H3. The molecule has 0 saturated heterocycles. The van der Waals surface area contributed by atoms with Gasteiger partial charge in [0.25, 0.3) is 0 Å². The van der Waals surface area contributed by atoms with E-state index in [4.69, 9.17) is 0 Å². The van der Waals surface area contributed by atoms with E-state index in [0.29, 0.717) is 6.04 Å². The lowest BCUT2D eigenvalue weighted by Gasteiger charge is -2.22. The lowest BCUT2D eigenvalue weighted by Crippen LogP contribution is -2.20. The maximum absolute atomic E-state index is 3.69. The van der Waals surface area contributed by atoms with Gasteiger partial charge >= 0.3 is 0 Å². The van der Waals surface area contributed by atoms with Gasteiger partial charge in [-0.05, 0) is 37.5 Å². The molecule has 2 rings (SSSR count). The molecule has 0 spiro atoms. The topological polar surface area (TPSA) is 12.0 Å². The summed E-state index contributed by atoms with van der Waals surface area (Å²) in [6.07, 6.45) is 9.75. The Kier molecular flexibility index (Phi) is 4.26. The van der Waals surface area contributed by atoms with Crippen LogP contribution in [-0.2, 0) is 0 Å². The zero-order valence-corrected chi connectivity index (χ0v) is 10.3. The summed E-state index contributed by atoms with van der Waals surface area (Å²) in [5.74, 6) is 0. The highest BCUT2D eigenvalue weighted by atomic mass is 14.9. The predicted octanol–water partition coefficient (Wildman–Crippen LogP) is 4.52. The summed E-state index contributed by atoms with van der Waals surface area (Å²) < 4.78 is 0. The molecule has 1 nitrogen and oxygen atoms in total. The highest BCUT2D eigenvalue weighted by Gasteiger charge is 2.10. The molecule has 1 aromatic carbocycles. The van der Waals surface area contributed by atoms with Gasteiger partial charge < -0.3 is 5.32 Å². The molecule has 0 heterocycles. The minimum Gasteiger partial charge on any atom is -0.382 e. The highest BCUT2D eigenvalue weighted by Crippen LogP contribution is 2.21. The van der Waals surface area contributed by atoms with Crippen LogP contribution in [0.25, 0.3) is 0 Å². The molecule has 1 fully saturated rings. The molecule has 1 aromatic rings. The Bertz CT molecular complexity index is 311. The maximum atomic E-state index is 3.69. The molecule has 1 heteroatoms. The molecule has 1 N–H and O–H groups in total. The fourth-order valence-corrected chi connectivity index (χ4v) is 2.57. The van der Waals surface area contributed by atoms with Gasteiger partial charge in [0.05, 0.1) is 0 Å². The Balaban J connectivity index is 1.91. The summed E-state index contributed by atoms with van der Waals surface area (Å²) in [7, 11) is 0. The molecule has 16 heavy (non-hydrogen) atoms. The van der Waals surface area contributed by atoms with Crippen LogP contribution in [0.5, 0.6) is 0 Å². The summed E-state index contributed by atoms with van der Waals surface area (Å²) in [4.78, 5) is 0. The van der Waals surface area contributed by atoms with Crippen molar-refractivity contribution in [2.24, 2.45) is 0 Å². The zero-order chi connectivity index (χ0) is 11.2. The third kappa shape index (κ3) is 3.55. The van der Waals surface area contributed by atoms with Crippen LogP contribution in [-0.4, -0.2) is 6.04 Å². The van der Waals surface area contributed by atoms with Crippen LogP contribution in [0.3, 0.4) is 0 Å². The second-order valence-corrected chi connectivity index (χ2v) is 5.06. The summed E-state index contributed by atoms with van der Waals surface area (Å²) >= 11 is 0. The Labute approximate surface area is 99.3 Å². The number of anilines is 1. The maximum Gasteiger partial charge on any atom is 0.0344 e. The summed E-state index contributed by atoms with van der Waals surface area (Å²) in [6.45, 7) is 2.16. The van der Waals surface area contributed by atoms with Crippen molar-refractivity contribution in [3.63, 3.8) is 0 Å². The lowest BCUT2D eigenvalue weighted by molar-refractivity contribution is 0.471. The van der Waals surface area contributed by atoms with Crippen molar-refractivity contribution in [3.05, 3.63) is 29.8 Å². The van der Waals surface area contributed by atoms with Crippen LogP contribution < -0.4 is 5.32 Å². The Morgan fingerprint density at radius 2 is 1.69 bits per heavy atom. The largest absolute Gasteiger partial charge is 0.382 e. The summed E-state index contributed by atoms with van der Waals surface area (Å²) in [5.41, 5.74) is 2.64. The van der Waals surface area contributed by atoms with Gasteiger partial charge in [-0.1, -0.05) is 44.2 Å². The Hall–Kier alpha value is -0.980. The van der Waals surface area contributed by atoms with Gasteiger partial charge in [0, 0.05) is 11.7 Å². The zero-order valence-electron chi connectivity index (χ0n) is 10.3. The first-order chi connectivity index (χ1) is 7.84. The average Bonchev–Trinajstić information content (AvgIpc) is 2.22. The van der Waals surface area contributed by atoms with Crippen LogP contribution >= 0.6 is 0 Å². The minimum atomic E-state index is 0.696. The number of hydrogen-bond acceptors (Lipinski definition) is 1. The molecule has 1 aliphatic rings. The van der Waals surface area contributed by atoms with Crippen molar-refractivity contribution in [1.29, 1.82) is 0 Å². The molecular weight excluding hydrogens is 194 g/mol. The van der Waals surface area contributed by atoms with E-state index in [2.05, 4.69) is 36.5 Å². The fraction of sp³-hybridized carbons (Fsp3) is 0.600. The molecule has 1 aliphatic carbocycles. The Morgan fingerprint density at radius 3 is 2.38 bits per heavy atom. The van der Waals surface area contributed by atoms with E-state index in [1.165, 1.54) is 56.2 Å². The summed E-state index contributed by atoms with van der Waals surface area (Å²) in [5, 5.41) is 3.69. The van der Waals surface area contributed by atoms with Gasteiger partial charge in [-0.15, -0.1) is 0 Å². The van der Waals surface area contributed by atoms with E-state index < -0.39 is 0 Å². The molecule has 0 unspecified atom stereocenters. The van der Waals surface area contributed by atoms with Gasteiger partial charge in [-0.3, -0.25) is 0 Å². The third-order valence-electron chi connectivity index (χ3n) is 3.49. The normalized spacial score (nSPS) is 18.8. The first-order valence-electron chi connectivity index (χ1n) is 6.68. The summed E-state index contributed by atoms with van der Waals surface area (Å²) in [6, 6.07) is 9.43. The fourth-order valence-electron chi connectivity index (χ4n) is 2.57. The van der Waals surface area contributed by atoms with Crippen molar-refractivity contribution >= 4 is 5.69 Å². The smallest absolute Gasteiger partial charge is 0.0344 e. The number of benzene rings is 1. The minimum absolute atomic E-state index is 0.696. The molecule has 0 aliphatic heterocycles. The van der Waals surface area contributed by atoms with Crippen LogP contribution in [0.2, 0.25) is 0 Å². The number of hydrogen-bond donors (Lipinski definition) is 1. The number of nitrogens with one attached hydrogen (secondary N) is 1. The van der Waals surface area contributed by atoms with E-state index in [9.17, 15) is 0 Å². The van der Waals surface area contributed by atoms with Gasteiger partial charge in [0.1, 0.15) is 0 Å². The van der Waals surface area contributed by atoms with Gasteiger partial charge in [-0.2, -0.15) is 0 Å². The second kappa shape index (κ2) is 5.93. The molecular formula is C15H23N. The van der Waals surface area contributed by atoms with Crippen molar-refractivity contribution in [3.8, 4) is 0 Å². The molecule has 0 amide bonds. The van der Waals surface area contributed by atoms with Crippen molar-refractivity contribution in [1.82, 2.24) is 0 Å². The average molecular weight is 217 g/mol. The molecule has 0 radical (unpaired) electrons. The third-order valence-corrected chi connectivity index (χ3v) is 3.49. The SMILES string of the molecule is Cc1cccc(NC2CCCCCCC2)c1. The van der Waals surface area contributed by atoms with Crippen molar-refractivity contribution < 1.29 is 0 Å². The van der Waals surface area contributed by atoms with Gasteiger partial charge in [-0.25, -0.2) is 0 Å².